The van der Waals surface area contributed by atoms with E-state index in [0.29, 0.717) is 12.1 Å². The fraction of sp³-hybridized carbons (Fsp3) is 0.500. The van der Waals surface area contributed by atoms with Gasteiger partial charge >= 0.3 is 5.97 Å². The molecular formula is C12H15NO4S. The van der Waals surface area contributed by atoms with Crippen molar-refractivity contribution >= 4 is 23.2 Å². The van der Waals surface area contributed by atoms with Crippen molar-refractivity contribution in [2.45, 2.75) is 26.1 Å². The van der Waals surface area contributed by atoms with Crippen molar-refractivity contribution in [2.75, 3.05) is 13.1 Å². The monoisotopic (exact) mass is 269 g/mol. The van der Waals surface area contributed by atoms with Gasteiger partial charge in [-0.3, -0.25) is 4.79 Å². The molecule has 1 aliphatic rings. The fourth-order valence-electron chi connectivity index (χ4n) is 2.00. The molecule has 18 heavy (non-hydrogen) atoms. The number of hydrogen-bond donors (Lipinski definition) is 1. The molecular weight excluding hydrogens is 254 g/mol. The average Bonchev–Trinajstić information content (AvgIpc) is 2.73. The molecule has 1 aromatic heterocycles. The van der Waals surface area contributed by atoms with E-state index in [9.17, 15) is 9.59 Å². The Kier molecular flexibility index (Phi) is 3.68. The first kappa shape index (κ1) is 13.0. The smallest absolute Gasteiger partial charge is 0.334 e. The van der Waals surface area contributed by atoms with Crippen LogP contribution in [0.3, 0.4) is 0 Å². The molecule has 0 radical (unpaired) electrons. The van der Waals surface area contributed by atoms with Crippen LogP contribution in [0, 0.1) is 6.92 Å². The maximum Gasteiger partial charge on any atom is 0.334 e. The minimum absolute atomic E-state index is 0.105. The summed E-state index contributed by atoms with van der Waals surface area (Å²) in [5, 5.41) is 12.7. The summed E-state index contributed by atoms with van der Waals surface area (Å²) < 4.78 is 5.28. The van der Waals surface area contributed by atoms with Crippen molar-refractivity contribution in [1.29, 1.82) is 0 Å². The van der Waals surface area contributed by atoms with Crippen LogP contribution < -0.4 is 0 Å². The molecule has 98 valence electrons. The molecule has 0 aromatic carbocycles. The van der Waals surface area contributed by atoms with E-state index in [2.05, 4.69) is 0 Å². The van der Waals surface area contributed by atoms with Gasteiger partial charge in [0.05, 0.1) is 18.2 Å². The lowest BCUT2D eigenvalue weighted by Crippen LogP contribution is -2.51. The number of thiophene rings is 1. The highest BCUT2D eigenvalue weighted by Gasteiger charge is 2.33. The number of rotatable bonds is 2. The average molecular weight is 269 g/mol. The van der Waals surface area contributed by atoms with E-state index >= 15 is 0 Å². The van der Waals surface area contributed by atoms with Crippen molar-refractivity contribution in [1.82, 2.24) is 4.90 Å². The van der Waals surface area contributed by atoms with Gasteiger partial charge in [0.25, 0.3) is 5.91 Å². The highest BCUT2D eigenvalue weighted by atomic mass is 32.1. The summed E-state index contributed by atoms with van der Waals surface area (Å²) >= 11 is 1.47. The van der Waals surface area contributed by atoms with Crippen LogP contribution in [-0.2, 0) is 9.53 Å². The first-order chi connectivity index (χ1) is 8.49. The third-order valence-corrected chi connectivity index (χ3v) is 3.77. The second kappa shape index (κ2) is 5.07. The topological polar surface area (TPSA) is 66.8 Å². The Balaban J connectivity index is 2.15. The van der Waals surface area contributed by atoms with Gasteiger partial charge < -0.3 is 14.7 Å². The van der Waals surface area contributed by atoms with E-state index in [0.717, 1.165) is 5.56 Å². The van der Waals surface area contributed by atoms with Gasteiger partial charge in [-0.2, -0.15) is 11.3 Å². The Bertz CT molecular complexity index is 470. The van der Waals surface area contributed by atoms with Crippen LogP contribution in [-0.4, -0.2) is 47.2 Å². The van der Waals surface area contributed by atoms with Crippen molar-refractivity contribution in [2.24, 2.45) is 0 Å². The molecule has 0 bridgehead atoms. The van der Waals surface area contributed by atoms with Gasteiger partial charge in [0.2, 0.25) is 0 Å². The number of carboxylic acid groups (broad SMARTS) is 1. The summed E-state index contributed by atoms with van der Waals surface area (Å²) in [7, 11) is 0. The lowest BCUT2D eigenvalue weighted by atomic mass is 10.1. The van der Waals surface area contributed by atoms with Gasteiger partial charge in [0, 0.05) is 11.9 Å². The first-order valence-electron chi connectivity index (χ1n) is 5.69. The summed E-state index contributed by atoms with van der Waals surface area (Å²) in [6.45, 7) is 4.18. The van der Waals surface area contributed by atoms with Crippen LogP contribution in [0.1, 0.15) is 22.8 Å². The molecule has 1 aliphatic heterocycles. The zero-order valence-electron chi connectivity index (χ0n) is 10.3. The molecule has 0 spiro atoms. The number of carboxylic acids is 1. The van der Waals surface area contributed by atoms with Crippen molar-refractivity contribution < 1.29 is 19.4 Å². The van der Waals surface area contributed by atoms with Crippen LogP contribution in [0.15, 0.2) is 10.8 Å². The molecule has 1 N–H and O–H groups in total. The Morgan fingerprint density at radius 2 is 2.17 bits per heavy atom. The number of aryl methyl sites for hydroxylation is 1. The van der Waals surface area contributed by atoms with Gasteiger partial charge in [-0.25, -0.2) is 4.79 Å². The van der Waals surface area contributed by atoms with Crippen LogP contribution in [0.2, 0.25) is 0 Å². The largest absolute Gasteiger partial charge is 0.479 e. The molecule has 1 aromatic rings. The lowest BCUT2D eigenvalue weighted by Gasteiger charge is -2.34. The fourth-order valence-corrected chi connectivity index (χ4v) is 2.83. The SMILES string of the molecule is Cc1cscc1C(=O)N1CC(C(=O)O)O[C@H](C)C1. The Labute approximate surface area is 109 Å². The van der Waals surface area contributed by atoms with Crippen molar-refractivity contribution in [3.8, 4) is 0 Å². The van der Waals surface area contributed by atoms with E-state index in [-0.39, 0.29) is 18.6 Å². The minimum atomic E-state index is -1.03. The van der Waals surface area contributed by atoms with E-state index in [1.54, 1.807) is 17.2 Å². The lowest BCUT2D eigenvalue weighted by molar-refractivity contribution is -0.160. The number of hydrogen-bond acceptors (Lipinski definition) is 4. The maximum absolute atomic E-state index is 12.3. The number of ether oxygens (including phenoxy) is 1. The molecule has 6 heteroatoms. The van der Waals surface area contributed by atoms with Crippen LogP contribution in [0.25, 0.3) is 0 Å². The van der Waals surface area contributed by atoms with Gasteiger partial charge in [0.15, 0.2) is 6.10 Å². The normalized spacial score (nSPS) is 24.0. The van der Waals surface area contributed by atoms with E-state index in [1.807, 2.05) is 12.3 Å². The summed E-state index contributed by atoms with van der Waals surface area (Å²) in [6.07, 6.45) is -1.20. The zero-order valence-corrected chi connectivity index (χ0v) is 11.1. The predicted octanol–water partition coefficient (Wildman–Crippen LogP) is 1.37. The molecule has 0 saturated carbocycles. The molecule has 2 heterocycles. The Morgan fingerprint density at radius 1 is 1.44 bits per heavy atom. The quantitative estimate of drug-likeness (QED) is 0.880. The summed E-state index contributed by atoms with van der Waals surface area (Å²) in [4.78, 5) is 24.8. The summed E-state index contributed by atoms with van der Waals surface area (Å²) in [6, 6.07) is 0. The number of morpholine rings is 1. The highest BCUT2D eigenvalue weighted by molar-refractivity contribution is 7.08. The molecule has 2 rings (SSSR count). The van der Waals surface area contributed by atoms with Crippen LogP contribution in [0.5, 0.6) is 0 Å². The first-order valence-corrected chi connectivity index (χ1v) is 6.63. The third kappa shape index (κ3) is 2.54. The summed E-state index contributed by atoms with van der Waals surface area (Å²) in [5.74, 6) is -1.14. The van der Waals surface area contributed by atoms with Crippen LogP contribution >= 0.6 is 11.3 Å². The van der Waals surface area contributed by atoms with Gasteiger partial charge in [0.1, 0.15) is 0 Å². The van der Waals surface area contributed by atoms with Crippen LogP contribution in [0.4, 0.5) is 0 Å². The predicted molar refractivity (Wildman–Crippen MR) is 66.9 cm³/mol. The van der Waals surface area contributed by atoms with Gasteiger partial charge in [-0.15, -0.1) is 0 Å². The molecule has 2 atom stereocenters. The summed E-state index contributed by atoms with van der Waals surface area (Å²) in [5.41, 5.74) is 1.58. The molecule has 1 fully saturated rings. The van der Waals surface area contributed by atoms with E-state index in [1.165, 1.54) is 11.3 Å². The highest BCUT2D eigenvalue weighted by Crippen LogP contribution is 2.19. The number of nitrogens with zero attached hydrogens (tertiary/aromatic N) is 1. The number of carbonyl (C=O) groups is 2. The van der Waals surface area contributed by atoms with Crippen molar-refractivity contribution in [3.05, 3.63) is 21.9 Å². The molecule has 1 unspecified atom stereocenters. The molecule has 1 amide bonds. The van der Waals surface area contributed by atoms with Gasteiger partial charge in [-0.05, 0) is 24.8 Å². The molecule has 1 saturated heterocycles. The molecule has 5 nitrogen and oxygen atoms in total. The van der Waals surface area contributed by atoms with E-state index < -0.39 is 12.1 Å². The minimum Gasteiger partial charge on any atom is -0.479 e. The standard InChI is InChI=1S/C12H15NO4S/c1-7-5-18-6-9(7)11(14)13-3-8(2)17-10(4-13)12(15)16/h5-6,8,10H,3-4H2,1-2H3,(H,15,16)/t8-,10?/m1/s1. The number of carbonyl (C=O) groups excluding carboxylic acids is 1. The maximum atomic E-state index is 12.3. The zero-order chi connectivity index (χ0) is 13.3. The Hall–Kier alpha value is -1.40. The Morgan fingerprint density at radius 3 is 2.72 bits per heavy atom. The van der Waals surface area contributed by atoms with Gasteiger partial charge in [-0.1, -0.05) is 0 Å². The molecule has 0 aliphatic carbocycles. The van der Waals surface area contributed by atoms with E-state index in [4.69, 9.17) is 9.84 Å². The second-order valence-corrected chi connectivity index (χ2v) is 5.20. The number of aliphatic carboxylic acids is 1. The third-order valence-electron chi connectivity index (χ3n) is 2.91. The number of amides is 1. The van der Waals surface area contributed by atoms with Crippen molar-refractivity contribution in [3.63, 3.8) is 0 Å². The second-order valence-electron chi connectivity index (χ2n) is 4.45.